The second-order valence-corrected chi connectivity index (χ2v) is 26.8. The molecule has 0 amide bonds. The summed E-state index contributed by atoms with van der Waals surface area (Å²) >= 11 is 0. The van der Waals surface area contributed by atoms with E-state index < -0.39 is 25.0 Å². The molecule has 1 aromatic rings. The molecule has 0 aliphatic heterocycles. The van der Waals surface area contributed by atoms with Crippen LogP contribution in [0.3, 0.4) is 0 Å². The van der Waals surface area contributed by atoms with Gasteiger partial charge in [-0.1, -0.05) is 150 Å². The number of unbranched alkanes of at least 4 members (excludes halogenated alkanes) is 8. The zero-order valence-corrected chi connectivity index (χ0v) is 31.6. The lowest BCUT2D eigenvalue weighted by Crippen LogP contribution is -2.46. The van der Waals surface area contributed by atoms with Gasteiger partial charge in [-0.15, -0.1) is 0 Å². The van der Waals surface area contributed by atoms with Gasteiger partial charge in [-0.3, -0.25) is 0 Å². The molecule has 2 rings (SSSR count). The Bertz CT molecular complexity index is 800. The molecule has 1 saturated carbocycles. The molecule has 0 radical (unpaired) electrons. The van der Waals surface area contributed by atoms with Crippen LogP contribution in [0.2, 0.25) is 44.3 Å². The fraction of sp³-hybridized carbons (Fsp3) is 0.824. The highest BCUT2D eigenvalue weighted by Crippen LogP contribution is 2.24. The first kappa shape index (κ1) is 37.9. The maximum Gasteiger partial charge on any atom is 0.500 e. The molecule has 0 bridgehead atoms. The van der Waals surface area contributed by atoms with E-state index in [4.69, 9.17) is 23.1 Å². The van der Waals surface area contributed by atoms with Crippen LogP contribution in [-0.2, 0) is 23.1 Å². The first-order valence-corrected chi connectivity index (χ1v) is 25.5. The van der Waals surface area contributed by atoms with Crippen molar-refractivity contribution < 1.29 is 23.1 Å². The Balaban J connectivity index is 1.53. The molecular formula is C34H66O5Si3. The zero-order valence-electron chi connectivity index (χ0n) is 28.6. The van der Waals surface area contributed by atoms with E-state index in [2.05, 4.69) is 50.5 Å². The third kappa shape index (κ3) is 14.2. The third-order valence-electron chi connectivity index (χ3n) is 9.81. The molecule has 1 aliphatic carbocycles. The van der Waals surface area contributed by atoms with Crippen LogP contribution in [0, 0.1) is 5.92 Å². The molecule has 8 heteroatoms. The van der Waals surface area contributed by atoms with Gasteiger partial charge in [0.25, 0.3) is 0 Å². The number of rotatable bonds is 24. The van der Waals surface area contributed by atoms with Gasteiger partial charge in [-0.2, -0.15) is 0 Å². The van der Waals surface area contributed by atoms with E-state index in [1.807, 2.05) is 0 Å². The molecule has 244 valence electrons. The summed E-state index contributed by atoms with van der Waals surface area (Å²) in [4.78, 5) is 10.9. The second kappa shape index (κ2) is 20.7. The first-order valence-electron chi connectivity index (χ1n) is 17.2. The van der Waals surface area contributed by atoms with Crippen LogP contribution < -0.4 is 10.4 Å². The van der Waals surface area contributed by atoms with Crippen molar-refractivity contribution in [2.45, 2.75) is 141 Å². The highest BCUT2D eigenvalue weighted by atomic mass is 28.4. The Morgan fingerprint density at radius 1 is 0.548 bits per heavy atom. The molecule has 1 aliphatic rings. The average molecular weight is 639 g/mol. The second-order valence-electron chi connectivity index (χ2n) is 14.0. The standard InChI is InChI=1S/C34H66O5Si3/c1-35-42(36-2,37-3)30-20-29-41(6,7)34-25-23-33(24-26-34)40(4,5)28-19-14-12-10-8-9-11-13-18-27-38-39-31-32-21-16-15-17-22-32/h23-26,32H,8-22,27-31H2,1-7H3. The quantitative estimate of drug-likeness (QED) is 0.0490. The van der Waals surface area contributed by atoms with Gasteiger partial charge in [0.1, 0.15) is 0 Å². The fourth-order valence-corrected chi connectivity index (χ4v) is 13.5. The van der Waals surface area contributed by atoms with Crippen LogP contribution in [-0.4, -0.2) is 59.5 Å². The van der Waals surface area contributed by atoms with Crippen molar-refractivity contribution in [2.75, 3.05) is 34.5 Å². The fourth-order valence-electron chi connectivity index (χ4n) is 6.49. The van der Waals surface area contributed by atoms with Crippen molar-refractivity contribution in [2.24, 2.45) is 5.92 Å². The van der Waals surface area contributed by atoms with Crippen molar-refractivity contribution in [1.82, 2.24) is 0 Å². The molecular weight excluding hydrogens is 573 g/mol. The number of hydrogen-bond acceptors (Lipinski definition) is 5. The van der Waals surface area contributed by atoms with Gasteiger partial charge in [0, 0.05) is 27.4 Å². The minimum absolute atomic E-state index is 0.733. The summed E-state index contributed by atoms with van der Waals surface area (Å²) in [5, 5.41) is 3.18. The van der Waals surface area contributed by atoms with E-state index in [0.29, 0.717) is 0 Å². The summed E-state index contributed by atoms with van der Waals surface area (Å²) < 4.78 is 16.9. The van der Waals surface area contributed by atoms with Crippen LogP contribution in [0.4, 0.5) is 0 Å². The molecule has 0 saturated heterocycles. The molecule has 0 spiro atoms. The molecule has 0 aromatic heterocycles. The monoisotopic (exact) mass is 638 g/mol. The lowest BCUT2D eigenvalue weighted by molar-refractivity contribution is -0.302. The van der Waals surface area contributed by atoms with E-state index in [1.54, 1.807) is 31.7 Å². The summed E-state index contributed by atoms with van der Waals surface area (Å²) in [5.41, 5.74) is 0. The predicted octanol–water partition coefficient (Wildman–Crippen LogP) is 8.83. The summed E-state index contributed by atoms with van der Waals surface area (Å²) in [6.45, 7) is 11.6. The van der Waals surface area contributed by atoms with Crippen LogP contribution in [0.1, 0.15) is 96.3 Å². The van der Waals surface area contributed by atoms with Gasteiger partial charge < -0.3 is 13.3 Å². The van der Waals surface area contributed by atoms with E-state index >= 15 is 0 Å². The van der Waals surface area contributed by atoms with Crippen LogP contribution in [0.25, 0.3) is 0 Å². The van der Waals surface area contributed by atoms with E-state index in [9.17, 15) is 0 Å². The van der Waals surface area contributed by atoms with E-state index in [0.717, 1.165) is 38.0 Å². The van der Waals surface area contributed by atoms with Crippen LogP contribution >= 0.6 is 0 Å². The van der Waals surface area contributed by atoms with Gasteiger partial charge in [-0.05, 0) is 25.2 Å². The Labute approximate surface area is 263 Å². The molecule has 5 nitrogen and oxygen atoms in total. The lowest BCUT2D eigenvalue weighted by atomic mass is 9.90. The SMILES string of the molecule is CO[Si](CCC[Si](C)(C)c1ccc([Si](C)(C)CCCCCCCCCCCOOCC2CCCCC2)cc1)(OC)OC. The predicted molar refractivity (Wildman–Crippen MR) is 187 cm³/mol. The molecule has 1 fully saturated rings. The largest absolute Gasteiger partial charge is 0.500 e. The topological polar surface area (TPSA) is 46.2 Å². The van der Waals surface area contributed by atoms with Crippen molar-refractivity contribution in [3.63, 3.8) is 0 Å². The smallest absolute Gasteiger partial charge is 0.377 e. The minimum atomic E-state index is -2.47. The Kier molecular flexibility index (Phi) is 18.6. The lowest BCUT2D eigenvalue weighted by Gasteiger charge is -2.28. The Morgan fingerprint density at radius 3 is 1.50 bits per heavy atom. The maximum atomic E-state index is 5.62. The normalized spacial score (nSPS) is 15.4. The minimum Gasteiger partial charge on any atom is -0.377 e. The highest BCUT2D eigenvalue weighted by Gasteiger charge is 2.38. The average Bonchev–Trinajstić information content (AvgIpc) is 3.00. The van der Waals surface area contributed by atoms with Crippen molar-refractivity contribution in [3.05, 3.63) is 24.3 Å². The Morgan fingerprint density at radius 2 is 1.00 bits per heavy atom. The molecule has 1 aromatic carbocycles. The molecule has 42 heavy (non-hydrogen) atoms. The van der Waals surface area contributed by atoms with Gasteiger partial charge in [0.2, 0.25) is 0 Å². The van der Waals surface area contributed by atoms with Crippen molar-refractivity contribution in [3.8, 4) is 0 Å². The van der Waals surface area contributed by atoms with E-state index in [-0.39, 0.29) is 0 Å². The third-order valence-corrected chi connectivity index (χ3v) is 19.6. The molecule has 0 unspecified atom stereocenters. The molecule has 0 heterocycles. The summed E-state index contributed by atoms with van der Waals surface area (Å²) in [5.74, 6) is 0.733. The Hall–Kier alpha value is -0.329. The molecule has 0 atom stereocenters. The zero-order chi connectivity index (χ0) is 30.7. The van der Waals surface area contributed by atoms with Crippen molar-refractivity contribution >= 4 is 35.3 Å². The van der Waals surface area contributed by atoms with Gasteiger partial charge in [-0.25, -0.2) is 9.78 Å². The maximum absolute atomic E-state index is 5.62. The van der Waals surface area contributed by atoms with Gasteiger partial charge >= 0.3 is 8.80 Å². The summed E-state index contributed by atoms with van der Waals surface area (Å²) in [7, 11) is -0.237. The number of hydrogen-bond donors (Lipinski definition) is 0. The van der Waals surface area contributed by atoms with Gasteiger partial charge in [0.05, 0.1) is 29.4 Å². The van der Waals surface area contributed by atoms with E-state index in [1.165, 1.54) is 95.6 Å². The molecule has 0 N–H and O–H groups in total. The van der Waals surface area contributed by atoms with Crippen molar-refractivity contribution in [1.29, 1.82) is 0 Å². The number of benzene rings is 1. The summed E-state index contributed by atoms with van der Waals surface area (Å²) in [6, 6.07) is 13.3. The first-order chi connectivity index (χ1) is 20.2. The van der Waals surface area contributed by atoms with Crippen LogP contribution in [0.5, 0.6) is 0 Å². The highest BCUT2D eigenvalue weighted by molar-refractivity contribution is 6.91. The summed E-state index contributed by atoms with van der Waals surface area (Å²) in [6.07, 6.45) is 19.9. The van der Waals surface area contributed by atoms with Gasteiger partial charge in [0.15, 0.2) is 0 Å². The van der Waals surface area contributed by atoms with Crippen LogP contribution in [0.15, 0.2) is 24.3 Å².